The minimum atomic E-state index is 0.641. The number of rotatable bonds is 1. The third kappa shape index (κ3) is 2.84. The molecule has 0 aliphatic heterocycles. The van der Waals surface area contributed by atoms with Crippen LogP contribution in [0.1, 0.15) is 6.92 Å². The molecule has 0 heterocycles. The van der Waals surface area contributed by atoms with Gasteiger partial charge < -0.3 is 4.90 Å². The lowest BCUT2D eigenvalue weighted by molar-refractivity contribution is 0.654. The standard InChI is InChI=1S/C5H10N2S2/c1-4(2)7(3)5(8)9-6/h1,6H2,2-3H3. The Labute approximate surface area is 65.2 Å². The number of nitrogens with zero attached hydrogens (tertiary/aromatic N) is 1. The smallest absolute Gasteiger partial charge is 0.155 e. The average Bonchev–Trinajstić information content (AvgIpc) is 1.84. The highest BCUT2D eigenvalue weighted by Crippen LogP contribution is 2.04. The van der Waals surface area contributed by atoms with Crippen molar-refractivity contribution in [2.24, 2.45) is 5.14 Å². The van der Waals surface area contributed by atoms with E-state index in [1.54, 1.807) is 4.90 Å². The van der Waals surface area contributed by atoms with Crippen LogP contribution < -0.4 is 5.14 Å². The summed E-state index contributed by atoms with van der Waals surface area (Å²) in [5.41, 5.74) is 0.901. The SMILES string of the molecule is C=C(C)N(C)C(=S)SN. The molecule has 0 aromatic heterocycles. The van der Waals surface area contributed by atoms with E-state index in [0.29, 0.717) is 4.32 Å². The lowest BCUT2D eigenvalue weighted by Crippen LogP contribution is -2.20. The van der Waals surface area contributed by atoms with E-state index in [9.17, 15) is 0 Å². The van der Waals surface area contributed by atoms with Crippen molar-refractivity contribution in [3.8, 4) is 0 Å². The van der Waals surface area contributed by atoms with Crippen LogP contribution in [0.5, 0.6) is 0 Å². The molecule has 0 radical (unpaired) electrons. The highest BCUT2D eigenvalue weighted by Gasteiger charge is 2.00. The zero-order chi connectivity index (χ0) is 7.44. The summed E-state index contributed by atoms with van der Waals surface area (Å²) in [6, 6.07) is 0. The summed E-state index contributed by atoms with van der Waals surface area (Å²) >= 11 is 5.91. The van der Waals surface area contributed by atoms with Gasteiger partial charge in [-0.2, -0.15) is 0 Å². The molecule has 0 aromatic rings. The molecule has 2 nitrogen and oxygen atoms in total. The lowest BCUT2D eigenvalue weighted by Gasteiger charge is -2.16. The van der Waals surface area contributed by atoms with Gasteiger partial charge in [0.05, 0.1) is 0 Å². The molecule has 0 spiro atoms. The second-order valence-corrected chi connectivity index (χ2v) is 2.95. The molecule has 0 amide bonds. The van der Waals surface area contributed by atoms with Crippen LogP contribution in [0.4, 0.5) is 0 Å². The van der Waals surface area contributed by atoms with Crippen LogP contribution in [0.2, 0.25) is 0 Å². The molecule has 0 atom stereocenters. The van der Waals surface area contributed by atoms with Crippen LogP contribution in [0.15, 0.2) is 12.3 Å². The van der Waals surface area contributed by atoms with Crippen molar-refractivity contribution >= 4 is 28.5 Å². The van der Waals surface area contributed by atoms with Crippen molar-refractivity contribution in [2.45, 2.75) is 6.92 Å². The number of nitrogens with two attached hydrogens (primary N) is 1. The Morgan fingerprint density at radius 3 is 2.33 bits per heavy atom. The van der Waals surface area contributed by atoms with E-state index < -0.39 is 0 Å². The predicted octanol–water partition coefficient (Wildman–Crippen LogP) is 1.34. The summed E-state index contributed by atoms with van der Waals surface area (Å²) in [5.74, 6) is 0. The summed E-state index contributed by atoms with van der Waals surface area (Å²) in [6.45, 7) is 5.57. The van der Waals surface area contributed by atoms with Gasteiger partial charge in [0.2, 0.25) is 0 Å². The molecule has 0 aliphatic carbocycles. The van der Waals surface area contributed by atoms with Gasteiger partial charge in [0.25, 0.3) is 0 Å². The minimum absolute atomic E-state index is 0.641. The molecular formula is C5H10N2S2. The van der Waals surface area contributed by atoms with Crippen molar-refractivity contribution < 1.29 is 0 Å². The van der Waals surface area contributed by atoms with E-state index in [2.05, 4.69) is 6.58 Å². The van der Waals surface area contributed by atoms with Gasteiger partial charge >= 0.3 is 0 Å². The van der Waals surface area contributed by atoms with Crippen LogP contribution in [0.25, 0.3) is 0 Å². The summed E-state index contributed by atoms with van der Waals surface area (Å²) in [6.07, 6.45) is 0. The minimum Gasteiger partial charge on any atom is -0.334 e. The molecule has 0 saturated heterocycles. The Hall–Kier alpha value is -0.0600. The van der Waals surface area contributed by atoms with Gasteiger partial charge in [-0.15, -0.1) is 0 Å². The zero-order valence-corrected chi connectivity index (χ0v) is 7.18. The number of thiocarbonyl (C=S) groups is 1. The van der Waals surface area contributed by atoms with Crippen LogP contribution in [-0.2, 0) is 0 Å². The fourth-order valence-electron chi connectivity index (χ4n) is 0.235. The Morgan fingerprint density at radius 2 is 2.22 bits per heavy atom. The third-order valence-corrected chi connectivity index (χ3v) is 1.99. The van der Waals surface area contributed by atoms with Gasteiger partial charge in [-0.25, -0.2) is 0 Å². The second-order valence-electron chi connectivity index (χ2n) is 1.68. The molecule has 0 unspecified atom stereocenters. The quantitative estimate of drug-likeness (QED) is 0.465. The van der Waals surface area contributed by atoms with E-state index in [4.69, 9.17) is 17.4 Å². The Kier molecular flexibility index (Phi) is 3.84. The van der Waals surface area contributed by atoms with Crippen LogP contribution >= 0.6 is 24.2 Å². The van der Waals surface area contributed by atoms with Crippen molar-refractivity contribution in [1.82, 2.24) is 4.90 Å². The van der Waals surface area contributed by atoms with Gasteiger partial charge in [-0.05, 0) is 18.9 Å². The van der Waals surface area contributed by atoms with Gasteiger partial charge in [-0.1, -0.05) is 18.8 Å². The molecule has 0 rings (SSSR count). The first-order valence-corrected chi connectivity index (χ1v) is 3.68. The molecule has 2 N–H and O–H groups in total. The number of allylic oxidation sites excluding steroid dienone is 1. The van der Waals surface area contributed by atoms with Crippen LogP contribution in [0, 0.1) is 0 Å². The maximum Gasteiger partial charge on any atom is 0.155 e. The van der Waals surface area contributed by atoms with Gasteiger partial charge in [-0.3, -0.25) is 5.14 Å². The molecule has 0 fully saturated rings. The highest BCUT2D eigenvalue weighted by molar-refractivity contribution is 8.21. The average molecular weight is 162 g/mol. The Bertz CT molecular complexity index is 133. The fraction of sp³-hybridized carbons (Fsp3) is 0.400. The molecule has 0 aliphatic rings. The van der Waals surface area contributed by atoms with E-state index in [1.165, 1.54) is 0 Å². The van der Waals surface area contributed by atoms with E-state index in [1.807, 2.05) is 14.0 Å². The Morgan fingerprint density at radius 1 is 1.78 bits per heavy atom. The topological polar surface area (TPSA) is 29.3 Å². The van der Waals surface area contributed by atoms with Crippen LogP contribution in [-0.4, -0.2) is 16.3 Å². The van der Waals surface area contributed by atoms with Crippen molar-refractivity contribution in [3.63, 3.8) is 0 Å². The summed E-state index contributed by atoms with van der Waals surface area (Å²) in [7, 11) is 1.84. The fourth-order valence-corrected chi connectivity index (χ4v) is 0.705. The molecule has 9 heavy (non-hydrogen) atoms. The monoisotopic (exact) mass is 162 g/mol. The summed E-state index contributed by atoms with van der Waals surface area (Å²) in [4.78, 5) is 1.76. The molecule has 0 saturated carbocycles. The first-order chi connectivity index (χ1) is 4.09. The number of hydrogen-bond donors (Lipinski definition) is 1. The maximum absolute atomic E-state index is 5.20. The van der Waals surface area contributed by atoms with E-state index in [-0.39, 0.29) is 0 Å². The molecule has 4 heteroatoms. The second kappa shape index (κ2) is 3.87. The van der Waals surface area contributed by atoms with Crippen molar-refractivity contribution in [2.75, 3.05) is 7.05 Å². The van der Waals surface area contributed by atoms with Gasteiger partial charge in [0.15, 0.2) is 4.32 Å². The van der Waals surface area contributed by atoms with Gasteiger partial charge in [0.1, 0.15) is 0 Å². The summed E-state index contributed by atoms with van der Waals surface area (Å²) < 4.78 is 0.641. The van der Waals surface area contributed by atoms with E-state index >= 15 is 0 Å². The van der Waals surface area contributed by atoms with Crippen LogP contribution in [0.3, 0.4) is 0 Å². The predicted molar refractivity (Wildman–Crippen MR) is 47.0 cm³/mol. The third-order valence-electron chi connectivity index (χ3n) is 0.947. The molecule has 0 bridgehead atoms. The maximum atomic E-state index is 5.20. The van der Waals surface area contributed by atoms with Gasteiger partial charge in [0, 0.05) is 12.7 Å². The first-order valence-electron chi connectivity index (χ1n) is 2.39. The van der Waals surface area contributed by atoms with Crippen molar-refractivity contribution in [3.05, 3.63) is 12.3 Å². The molecular weight excluding hydrogens is 152 g/mol. The Balaban J connectivity index is 3.88. The molecule has 0 aromatic carbocycles. The molecule has 52 valence electrons. The van der Waals surface area contributed by atoms with E-state index in [0.717, 1.165) is 17.6 Å². The zero-order valence-electron chi connectivity index (χ0n) is 5.55. The summed E-state index contributed by atoms with van der Waals surface area (Å²) in [5, 5.41) is 5.20. The number of hydrogen-bond acceptors (Lipinski definition) is 3. The highest BCUT2D eigenvalue weighted by atomic mass is 32.2. The first kappa shape index (κ1) is 8.94. The normalized spacial score (nSPS) is 8.78. The van der Waals surface area contributed by atoms with Crippen molar-refractivity contribution in [1.29, 1.82) is 0 Å². The lowest BCUT2D eigenvalue weighted by atomic mass is 10.5. The largest absolute Gasteiger partial charge is 0.334 e.